The number of hydrogen-bond donors (Lipinski definition) is 1. The smallest absolute Gasteiger partial charge is 0.330 e. The average Bonchev–Trinajstić information content (AvgIpc) is 2.11. The van der Waals surface area contributed by atoms with Crippen LogP contribution in [0.5, 0.6) is 0 Å². The van der Waals surface area contributed by atoms with E-state index >= 15 is 0 Å². The predicted octanol–water partition coefficient (Wildman–Crippen LogP) is 1.27. The molecule has 3 nitrogen and oxygen atoms in total. The van der Waals surface area contributed by atoms with Crippen molar-refractivity contribution in [1.82, 2.24) is 0 Å². The summed E-state index contributed by atoms with van der Waals surface area (Å²) in [7, 11) is 0. The first-order chi connectivity index (χ1) is 5.70. The van der Waals surface area contributed by atoms with Crippen molar-refractivity contribution in [1.29, 1.82) is 0 Å². The maximum atomic E-state index is 10.5. The standard InChI is InChI=1S/C9H16O3/c1-3-8(10)6-5-7-12-9(11)4-2/h4,8,10H,2-3,5-7H2,1H3/t8-/m1/s1. The first kappa shape index (κ1) is 11.2. The minimum atomic E-state index is -0.402. The molecule has 0 unspecified atom stereocenters. The number of ether oxygens (including phenoxy) is 1. The number of aliphatic hydroxyl groups excluding tert-OH is 1. The van der Waals surface area contributed by atoms with Crippen molar-refractivity contribution in [2.45, 2.75) is 32.3 Å². The Hall–Kier alpha value is -0.830. The van der Waals surface area contributed by atoms with Gasteiger partial charge >= 0.3 is 5.97 Å². The van der Waals surface area contributed by atoms with Crippen LogP contribution in [0, 0.1) is 0 Å². The molecule has 12 heavy (non-hydrogen) atoms. The zero-order valence-electron chi connectivity index (χ0n) is 7.45. The summed E-state index contributed by atoms with van der Waals surface area (Å²) < 4.78 is 4.72. The van der Waals surface area contributed by atoms with Gasteiger partial charge in [0.25, 0.3) is 0 Å². The summed E-state index contributed by atoms with van der Waals surface area (Å²) >= 11 is 0. The van der Waals surface area contributed by atoms with Gasteiger partial charge in [0.05, 0.1) is 12.7 Å². The number of rotatable bonds is 6. The Kier molecular flexibility index (Phi) is 6.38. The normalized spacial score (nSPS) is 12.2. The van der Waals surface area contributed by atoms with E-state index in [2.05, 4.69) is 6.58 Å². The van der Waals surface area contributed by atoms with Crippen molar-refractivity contribution in [2.75, 3.05) is 6.61 Å². The van der Waals surface area contributed by atoms with Gasteiger partial charge < -0.3 is 9.84 Å². The highest BCUT2D eigenvalue weighted by atomic mass is 16.5. The molecular formula is C9H16O3. The van der Waals surface area contributed by atoms with Crippen molar-refractivity contribution in [3.05, 3.63) is 12.7 Å². The minimum absolute atomic E-state index is 0.271. The third-order valence-electron chi connectivity index (χ3n) is 1.56. The van der Waals surface area contributed by atoms with Crippen LogP contribution in [0.2, 0.25) is 0 Å². The van der Waals surface area contributed by atoms with E-state index < -0.39 is 5.97 Å². The SMILES string of the molecule is C=CC(=O)OCCC[C@H](O)CC. The predicted molar refractivity (Wildman–Crippen MR) is 46.7 cm³/mol. The maximum Gasteiger partial charge on any atom is 0.330 e. The van der Waals surface area contributed by atoms with Crippen LogP contribution in [0.1, 0.15) is 26.2 Å². The van der Waals surface area contributed by atoms with Crippen molar-refractivity contribution in [3.63, 3.8) is 0 Å². The second-order valence-corrected chi connectivity index (χ2v) is 2.58. The monoisotopic (exact) mass is 172 g/mol. The molecule has 0 saturated heterocycles. The van der Waals surface area contributed by atoms with Gasteiger partial charge in [-0.05, 0) is 19.3 Å². The zero-order valence-corrected chi connectivity index (χ0v) is 7.45. The summed E-state index contributed by atoms with van der Waals surface area (Å²) in [5, 5.41) is 9.12. The van der Waals surface area contributed by atoms with Crippen LogP contribution in [0.15, 0.2) is 12.7 Å². The van der Waals surface area contributed by atoms with Crippen LogP contribution in [-0.4, -0.2) is 23.8 Å². The Bertz CT molecular complexity index is 143. The lowest BCUT2D eigenvalue weighted by molar-refractivity contribution is -0.138. The van der Waals surface area contributed by atoms with Crippen molar-refractivity contribution >= 4 is 5.97 Å². The quantitative estimate of drug-likeness (QED) is 0.373. The molecule has 0 aromatic heterocycles. The molecule has 70 valence electrons. The third kappa shape index (κ3) is 5.92. The van der Waals surface area contributed by atoms with Crippen LogP contribution in [0.4, 0.5) is 0 Å². The van der Waals surface area contributed by atoms with E-state index in [9.17, 15) is 4.79 Å². The van der Waals surface area contributed by atoms with Gasteiger partial charge in [-0.1, -0.05) is 13.5 Å². The Morgan fingerprint density at radius 1 is 1.75 bits per heavy atom. The molecule has 1 atom stereocenters. The van der Waals surface area contributed by atoms with E-state index in [0.717, 1.165) is 12.5 Å². The molecule has 0 aliphatic heterocycles. The molecule has 0 aromatic carbocycles. The van der Waals surface area contributed by atoms with Crippen molar-refractivity contribution in [2.24, 2.45) is 0 Å². The Morgan fingerprint density at radius 3 is 2.92 bits per heavy atom. The van der Waals surface area contributed by atoms with E-state index in [0.29, 0.717) is 19.4 Å². The lowest BCUT2D eigenvalue weighted by Gasteiger charge is -2.06. The maximum absolute atomic E-state index is 10.5. The summed E-state index contributed by atoms with van der Waals surface area (Å²) in [6.45, 7) is 5.55. The Morgan fingerprint density at radius 2 is 2.42 bits per heavy atom. The summed E-state index contributed by atoms with van der Waals surface area (Å²) in [6.07, 6.45) is 2.99. The van der Waals surface area contributed by atoms with Gasteiger partial charge in [-0.15, -0.1) is 0 Å². The number of carbonyl (C=O) groups excluding carboxylic acids is 1. The molecular weight excluding hydrogens is 156 g/mol. The van der Waals surface area contributed by atoms with Gasteiger partial charge in [-0.25, -0.2) is 4.79 Å². The Balaban J connectivity index is 3.21. The summed E-state index contributed by atoms with van der Waals surface area (Å²) in [5.74, 6) is -0.402. The molecule has 0 amide bonds. The second kappa shape index (κ2) is 6.85. The minimum Gasteiger partial charge on any atom is -0.463 e. The highest BCUT2D eigenvalue weighted by Crippen LogP contribution is 2.00. The second-order valence-electron chi connectivity index (χ2n) is 2.58. The Labute approximate surface area is 73.0 Å². The van der Waals surface area contributed by atoms with Crippen LogP contribution >= 0.6 is 0 Å². The molecule has 1 N–H and O–H groups in total. The molecule has 0 spiro atoms. The van der Waals surface area contributed by atoms with Crippen LogP contribution < -0.4 is 0 Å². The van der Waals surface area contributed by atoms with Crippen LogP contribution in [-0.2, 0) is 9.53 Å². The third-order valence-corrected chi connectivity index (χ3v) is 1.56. The first-order valence-corrected chi connectivity index (χ1v) is 4.18. The van der Waals surface area contributed by atoms with E-state index in [1.807, 2.05) is 6.92 Å². The van der Waals surface area contributed by atoms with Crippen molar-refractivity contribution < 1.29 is 14.6 Å². The van der Waals surface area contributed by atoms with Gasteiger partial charge in [0, 0.05) is 6.08 Å². The van der Waals surface area contributed by atoms with Gasteiger partial charge in [-0.3, -0.25) is 0 Å². The van der Waals surface area contributed by atoms with Gasteiger partial charge in [0.15, 0.2) is 0 Å². The highest BCUT2D eigenvalue weighted by Gasteiger charge is 2.00. The fourth-order valence-electron chi connectivity index (χ4n) is 0.755. The van der Waals surface area contributed by atoms with E-state index in [-0.39, 0.29) is 6.10 Å². The number of carbonyl (C=O) groups is 1. The summed E-state index contributed by atoms with van der Waals surface area (Å²) in [6, 6.07) is 0. The zero-order chi connectivity index (χ0) is 9.40. The topological polar surface area (TPSA) is 46.5 Å². The molecule has 3 heteroatoms. The molecule has 0 rings (SSSR count). The molecule has 0 fully saturated rings. The molecule has 0 aliphatic carbocycles. The van der Waals surface area contributed by atoms with E-state index in [1.165, 1.54) is 0 Å². The lowest BCUT2D eigenvalue weighted by atomic mass is 10.1. The lowest BCUT2D eigenvalue weighted by Crippen LogP contribution is -2.08. The number of hydrogen-bond acceptors (Lipinski definition) is 3. The summed E-state index contributed by atoms with van der Waals surface area (Å²) in [4.78, 5) is 10.5. The fourth-order valence-corrected chi connectivity index (χ4v) is 0.755. The molecule has 0 radical (unpaired) electrons. The average molecular weight is 172 g/mol. The molecule has 0 saturated carbocycles. The number of esters is 1. The van der Waals surface area contributed by atoms with Gasteiger partial charge in [-0.2, -0.15) is 0 Å². The highest BCUT2D eigenvalue weighted by molar-refractivity contribution is 5.81. The van der Waals surface area contributed by atoms with Gasteiger partial charge in [0.1, 0.15) is 0 Å². The van der Waals surface area contributed by atoms with Gasteiger partial charge in [0.2, 0.25) is 0 Å². The van der Waals surface area contributed by atoms with Crippen LogP contribution in [0.25, 0.3) is 0 Å². The number of aliphatic hydroxyl groups is 1. The first-order valence-electron chi connectivity index (χ1n) is 4.18. The largest absolute Gasteiger partial charge is 0.463 e. The summed E-state index contributed by atoms with van der Waals surface area (Å²) in [5.41, 5.74) is 0. The van der Waals surface area contributed by atoms with E-state index in [4.69, 9.17) is 9.84 Å². The molecule has 0 aliphatic rings. The van der Waals surface area contributed by atoms with Crippen LogP contribution in [0.3, 0.4) is 0 Å². The van der Waals surface area contributed by atoms with Crippen molar-refractivity contribution in [3.8, 4) is 0 Å². The fraction of sp³-hybridized carbons (Fsp3) is 0.667. The molecule has 0 aromatic rings. The molecule has 0 bridgehead atoms. The van der Waals surface area contributed by atoms with E-state index in [1.54, 1.807) is 0 Å². The molecule has 0 heterocycles.